The van der Waals surface area contributed by atoms with Crippen LogP contribution in [-0.4, -0.2) is 43.5 Å². The number of rotatable bonds is 2. The van der Waals surface area contributed by atoms with E-state index in [1.165, 1.54) is 6.33 Å². The molecule has 3 heterocycles. The largest absolute Gasteiger partial charge is 0.382 e. The lowest BCUT2D eigenvalue weighted by Crippen LogP contribution is -2.29. The van der Waals surface area contributed by atoms with Crippen molar-refractivity contribution in [1.29, 1.82) is 0 Å². The zero-order valence-electron chi connectivity index (χ0n) is 9.84. The van der Waals surface area contributed by atoms with Crippen molar-refractivity contribution in [2.75, 3.05) is 18.7 Å². The highest BCUT2D eigenvalue weighted by Crippen LogP contribution is 2.45. The van der Waals surface area contributed by atoms with Crippen molar-refractivity contribution in [3.05, 3.63) is 12.7 Å². The van der Waals surface area contributed by atoms with Gasteiger partial charge in [-0.3, -0.25) is 4.57 Å². The molecule has 10 heteroatoms. The number of ether oxygens (including phenoxy) is 1. The van der Waals surface area contributed by atoms with Crippen molar-refractivity contribution in [3.8, 4) is 0 Å². The molecule has 19 heavy (non-hydrogen) atoms. The number of nitrogen functional groups attached to an aromatic ring is 1. The number of fused-ring (bicyclic) bond motifs is 1. The Hall–Kier alpha value is -1.54. The molecule has 102 valence electrons. The van der Waals surface area contributed by atoms with Crippen LogP contribution in [0.25, 0.3) is 11.2 Å². The van der Waals surface area contributed by atoms with Gasteiger partial charge in [-0.15, -0.1) is 0 Å². The minimum absolute atomic E-state index is 0.0496. The van der Waals surface area contributed by atoms with Gasteiger partial charge in [-0.25, -0.2) is 15.0 Å². The Labute approximate surface area is 107 Å². The first-order chi connectivity index (χ1) is 9.05. The van der Waals surface area contributed by atoms with Gasteiger partial charge in [0.05, 0.1) is 19.5 Å². The molecule has 1 saturated heterocycles. The second-order valence-electron chi connectivity index (χ2n) is 4.18. The second kappa shape index (κ2) is 4.53. The van der Waals surface area contributed by atoms with E-state index >= 15 is 0 Å². The predicted molar refractivity (Wildman–Crippen MR) is 65.3 cm³/mol. The zero-order valence-corrected chi connectivity index (χ0v) is 10.7. The third kappa shape index (κ3) is 2.45. The molecule has 0 bridgehead atoms. The van der Waals surface area contributed by atoms with Crippen molar-refractivity contribution in [3.63, 3.8) is 0 Å². The molecule has 1 aliphatic heterocycles. The molecular weight excluding hydrogens is 273 g/mol. The van der Waals surface area contributed by atoms with Gasteiger partial charge in [0.1, 0.15) is 24.3 Å². The Balaban J connectivity index is 1.79. The summed E-state index contributed by atoms with van der Waals surface area (Å²) in [7, 11) is -3.56. The SMILES string of the molecule is Nc1ncnc2c1ncn2C[C@@H]1COP(=O)(O)CO1. The number of imidazole rings is 1. The van der Waals surface area contributed by atoms with E-state index in [9.17, 15) is 9.46 Å². The Kier molecular flexibility index (Phi) is 2.98. The van der Waals surface area contributed by atoms with Crippen molar-refractivity contribution in [2.24, 2.45) is 0 Å². The number of aromatic nitrogens is 4. The summed E-state index contributed by atoms with van der Waals surface area (Å²) in [6.07, 6.45) is 2.30. The maximum atomic E-state index is 11.2. The van der Waals surface area contributed by atoms with Crippen LogP contribution in [0.4, 0.5) is 5.82 Å². The van der Waals surface area contributed by atoms with E-state index in [0.717, 1.165) is 0 Å². The van der Waals surface area contributed by atoms with Crippen LogP contribution < -0.4 is 5.73 Å². The first-order valence-electron chi connectivity index (χ1n) is 5.54. The number of hydrogen-bond donors (Lipinski definition) is 2. The summed E-state index contributed by atoms with van der Waals surface area (Å²) < 4.78 is 23.1. The van der Waals surface area contributed by atoms with E-state index in [-0.39, 0.29) is 19.1 Å². The molecule has 0 spiro atoms. The number of nitrogens with two attached hydrogens (primary N) is 1. The first-order valence-corrected chi connectivity index (χ1v) is 7.31. The van der Waals surface area contributed by atoms with Gasteiger partial charge in [0.15, 0.2) is 11.5 Å². The van der Waals surface area contributed by atoms with Gasteiger partial charge >= 0.3 is 7.60 Å². The summed E-state index contributed by atoms with van der Waals surface area (Å²) in [5.41, 5.74) is 6.80. The molecule has 9 nitrogen and oxygen atoms in total. The maximum absolute atomic E-state index is 11.2. The van der Waals surface area contributed by atoms with E-state index in [2.05, 4.69) is 15.0 Å². The van der Waals surface area contributed by atoms with Crippen LogP contribution >= 0.6 is 7.60 Å². The lowest BCUT2D eigenvalue weighted by Gasteiger charge is -2.26. The molecule has 0 amide bonds. The minimum atomic E-state index is -3.56. The average Bonchev–Trinajstić information content (AvgIpc) is 2.77. The summed E-state index contributed by atoms with van der Waals surface area (Å²) in [4.78, 5) is 21.3. The van der Waals surface area contributed by atoms with Gasteiger partial charge in [0.2, 0.25) is 0 Å². The Morgan fingerprint density at radius 3 is 3.11 bits per heavy atom. The van der Waals surface area contributed by atoms with Gasteiger partial charge in [0, 0.05) is 0 Å². The Bertz CT molecular complexity index is 647. The highest BCUT2D eigenvalue weighted by atomic mass is 31.2. The predicted octanol–water partition coefficient (Wildman–Crippen LogP) is -0.0332. The van der Waals surface area contributed by atoms with Gasteiger partial charge in [-0.2, -0.15) is 0 Å². The quantitative estimate of drug-likeness (QED) is 0.736. The Morgan fingerprint density at radius 1 is 1.53 bits per heavy atom. The van der Waals surface area contributed by atoms with Crippen LogP contribution in [0.3, 0.4) is 0 Å². The lowest BCUT2D eigenvalue weighted by atomic mass is 10.3. The number of anilines is 1. The fourth-order valence-corrected chi connectivity index (χ4v) is 2.71. The lowest BCUT2D eigenvalue weighted by molar-refractivity contribution is -0.00745. The monoisotopic (exact) mass is 285 g/mol. The summed E-state index contributed by atoms with van der Waals surface area (Å²) in [6, 6.07) is 0. The summed E-state index contributed by atoms with van der Waals surface area (Å²) in [5, 5.41) is 0. The highest BCUT2D eigenvalue weighted by Gasteiger charge is 2.30. The van der Waals surface area contributed by atoms with Gasteiger partial charge in [0.25, 0.3) is 0 Å². The van der Waals surface area contributed by atoms with Gasteiger partial charge < -0.3 is 24.5 Å². The summed E-state index contributed by atoms with van der Waals surface area (Å²) >= 11 is 0. The molecule has 1 unspecified atom stereocenters. The van der Waals surface area contributed by atoms with E-state index in [1.54, 1.807) is 10.9 Å². The molecule has 0 aromatic carbocycles. The fraction of sp³-hybridized carbons (Fsp3) is 0.444. The van der Waals surface area contributed by atoms with E-state index < -0.39 is 7.60 Å². The normalized spacial score (nSPS) is 27.7. The molecular formula is C9H12N5O4P. The van der Waals surface area contributed by atoms with Crippen molar-refractivity contribution >= 4 is 24.6 Å². The number of nitrogens with zero attached hydrogens (tertiary/aromatic N) is 4. The van der Waals surface area contributed by atoms with Crippen molar-refractivity contribution in [2.45, 2.75) is 12.6 Å². The molecule has 2 aromatic rings. The van der Waals surface area contributed by atoms with Crippen LogP contribution in [0.2, 0.25) is 0 Å². The molecule has 3 N–H and O–H groups in total. The van der Waals surface area contributed by atoms with Crippen LogP contribution in [0.5, 0.6) is 0 Å². The third-order valence-electron chi connectivity index (χ3n) is 2.77. The van der Waals surface area contributed by atoms with Crippen LogP contribution in [0, 0.1) is 0 Å². The first kappa shape index (κ1) is 12.5. The van der Waals surface area contributed by atoms with Crippen LogP contribution in [0.1, 0.15) is 0 Å². The maximum Gasteiger partial charge on any atom is 0.353 e. The molecule has 0 aliphatic carbocycles. The molecule has 2 atom stereocenters. The zero-order chi connectivity index (χ0) is 13.5. The molecule has 1 fully saturated rings. The fourth-order valence-electron chi connectivity index (χ4n) is 1.84. The van der Waals surface area contributed by atoms with Crippen LogP contribution in [-0.2, 0) is 20.4 Å². The third-order valence-corrected chi connectivity index (χ3v) is 3.79. The Morgan fingerprint density at radius 2 is 2.37 bits per heavy atom. The summed E-state index contributed by atoms with van der Waals surface area (Å²) in [5.74, 6) is 0.310. The molecule has 3 rings (SSSR count). The summed E-state index contributed by atoms with van der Waals surface area (Å²) in [6.45, 7) is 0.459. The van der Waals surface area contributed by atoms with Gasteiger partial charge in [-0.05, 0) is 0 Å². The average molecular weight is 285 g/mol. The molecule has 0 saturated carbocycles. The minimum Gasteiger partial charge on any atom is -0.382 e. The van der Waals surface area contributed by atoms with Gasteiger partial charge in [-0.1, -0.05) is 0 Å². The van der Waals surface area contributed by atoms with Crippen molar-refractivity contribution in [1.82, 2.24) is 19.5 Å². The smallest absolute Gasteiger partial charge is 0.353 e. The topological polar surface area (TPSA) is 125 Å². The second-order valence-corrected chi connectivity index (χ2v) is 5.97. The van der Waals surface area contributed by atoms with E-state index in [0.29, 0.717) is 23.5 Å². The van der Waals surface area contributed by atoms with Crippen molar-refractivity contribution < 1.29 is 18.7 Å². The molecule has 1 aliphatic rings. The molecule has 0 radical (unpaired) electrons. The molecule has 2 aromatic heterocycles. The highest BCUT2D eigenvalue weighted by molar-refractivity contribution is 7.52. The van der Waals surface area contributed by atoms with E-state index in [4.69, 9.17) is 15.0 Å². The van der Waals surface area contributed by atoms with E-state index in [1.807, 2.05) is 0 Å². The standard InChI is InChI=1S/C9H12N5O4P/c10-8-7-9(12-3-11-8)14(4-13-7)1-6-2-18-19(15,16)5-17-6/h3-4,6H,1-2,5H2,(H,15,16)(H2,10,11,12)/t6-/m1/s1. The van der Waals surface area contributed by atoms with Crippen LogP contribution in [0.15, 0.2) is 12.7 Å². The number of hydrogen-bond acceptors (Lipinski definition) is 7.